The molecule has 28 heavy (non-hydrogen) atoms. The second kappa shape index (κ2) is 8.12. The van der Waals surface area contributed by atoms with E-state index in [-0.39, 0.29) is 29.1 Å². The van der Waals surface area contributed by atoms with Crippen LogP contribution in [0.2, 0.25) is 0 Å². The van der Waals surface area contributed by atoms with Gasteiger partial charge >= 0.3 is 5.97 Å². The summed E-state index contributed by atoms with van der Waals surface area (Å²) in [5, 5.41) is 19.7. The first-order chi connectivity index (χ1) is 13.4. The van der Waals surface area contributed by atoms with Crippen molar-refractivity contribution in [2.24, 2.45) is 0 Å². The number of hydrogen-bond acceptors (Lipinski definition) is 8. The Hall–Kier alpha value is -3.36. The van der Waals surface area contributed by atoms with Crippen LogP contribution in [0.4, 0.5) is 5.69 Å². The van der Waals surface area contributed by atoms with Gasteiger partial charge in [0.2, 0.25) is 5.78 Å². The maximum absolute atomic E-state index is 12.5. The predicted molar refractivity (Wildman–Crippen MR) is 100 cm³/mol. The fourth-order valence-corrected chi connectivity index (χ4v) is 2.64. The Bertz CT molecular complexity index is 936. The van der Waals surface area contributed by atoms with Crippen molar-refractivity contribution in [3.63, 3.8) is 0 Å². The number of ketones is 1. The normalized spacial score (nSPS) is 15.0. The zero-order valence-corrected chi connectivity index (χ0v) is 15.2. The molecule has 0 saturated carbocycles. The summed E-state index contributed by atoms with van der Waals surface area (Å²) in [7, 11) is 0. The number of allylic oxidation sites excluding steroid dienone is 1. The topological polar surface area (TPSA) is 108 Å². The van der Waals surface area contributed by atoms with E-state index in [1.54, 1.807) is 38.1 Å². The van der Waals surface area contributed by atoms with E-state index in [1.165, 1.54) is 24.3 Å². The molecule has 0 fully saturated rings. The summed E-state index contributed by atoms with van der Waals surface area (Å²) in [6.07, 6.45) is 0.665. The Balaban J connectivity index is 1.79. The minimum Gasteiger partial charge on any atom is -0.733 e. The molecule has 0 aromatic heterocycles. The van der Waals surface area contributed by atoms with Gasteiger partial charge in [0.1, 0.15) is 11.5 Å². The molecule has 1 N–H and O–H groups in total. The average Bonchev–Trinajstić information content (AvgIpc) is 2.97. The van der Waals surface area contributed by atoms with Crippen LogP contribution in [0.5, 0.6) is 11.5 Å². The Labute approximate surface area is 161 Å². The van der Waals surface area contributed by atoms with Gasteiger partial charge < -0.3 is 24.6 Å². The van der Waals surface area contributed by atoms with Gasteiger partial charge in [-0.3, -0.25) is 10.0 Å². The molecule has 0 bridgehead atoms. The van der Waals surface area contributed by atoms with Crippen molar-refractivity contribution >= 4 is 23.5 Å². The molecule has 1 aliphatic rings. The van der Waals surface area contributed by atoms with E-state index >= 15 is 0 Å². The Morgan fingerprint density at radius 1 is 1.32 bits per heavy atom. The summed E-state index contributed by atoms with van der Waals surface area (Å²) in [5.74, 6) is -0.0885. The van der Waals surface area contributed by atoms with E-state index in [1.807, 2.05) is 0 Å². The average molecular weight is 384 g/mol. The van der Waals surface area contributed by atoms with Crippen molar-refractivity contribution in [3.05, 3.63) is 64.6 Å². The minimum atomic E-state index is -0.804. The second-order valence-corrected chi connectivity index (χ2v) is 5.98. The number of Topliss-reactive ketones (excluding diaryl/α,β-unsaturated/α-hetero) is 1. The van der Waals surface area contributed by atoms with Gasteiger partial charge in [-0.1, -0.05) is 12.1 Å². The number of anilines is 1. The molecule has 0 aliphatic carbocycles. The highest BCUT2D eigenvalue weighted by Gasteiger charge is 2.28. The zero-order chi connectivity index (χ0) is 20.3. The lowest BCUT2D eigenvalue weighted by Gasteiger charge is -2.21. The highest BCUT2D eigenvalue weighted by atomic mass is 16.8. The van der Waals surface area contributed by atoms with Crippen LogP contribution in [0.25, 0.3) is 6.08 Å². The molecule has 2 aromatic rings. The highest BCUT2D eigenvalue weighted by molar-refractivity contribution is 6.14. The Morgan fingerprint density at radius 3 is 2.82 bits per heavy atom. The van der Waals surface area contributed by atoms with E-state index in [4.69, 9.17) is 19.4 Å². The van der Waals surface area contributed by atoms with Crippen LogP contribution >= 0.6 is 0 Å². The maximum atomic E-state index is 12.5. The number of carbonyl (C=O) groups is 2. The SMILES string of the molecule is CCOC(=O)[C@H](C)Oc1ccc2c(c1)OC(=Cc1cccc(N([O-])O)c1)C2=O. The second-order valence-electron chi connectivity index (χ2n) is 5.98. The van der Waals surface area contributed by atoms with Crippen LogP contribution in [0, 0.1) is 5.21 Å². The van der Waals surface area contributed by atoms with E-state index in [9.17, 15) is 14.8 Å². The van der Waals surface area contributed by atoms with Gasteiger partial charge in [0.25, 0.3) is 0 Å². The summed E-state index contributed by atoms with van der Waals surface area (Å²) in [6, 6.07) is 10.7. The number of fused-ring (bicyclic) bond motifs is 1. The van der Waals surface area contributed by atoms with Gasteiger partial charge in [-0.2, -0.15) is 0 Å². The van der Waals surface area contributed by atoms with Crippen LogP contribution in [0.1, 0.15) is 29.8 Å². The lowest BCUT2D eigenvalue weighted by atomic mass is 10.1. The quantitative estimate of drug-likeness (QED) is 0.459. The van der Waals surface area contributed by atoms with Gasteiger partial charge in [-0.15, -0.1) is 0 Å². The molecule has 2 aromatic carbocycles. The summed E-state index contributed by atoms with van der Waals surface area (Å²) in [4.78, 5) is 24.2. The molecular weight excluding hydrogens is 366 g/mol. The highest BCUT2D eigenvalue weighted by Crippen LogP contribution is 2.35. The third-order valence-corrected chi connectivity index (χ3v) is 3.96. The molecule has 1 atom stereocenters. The lowest BCUT2D eigenvalue weighted by Crippen LogP contribution is -2.26. The Morgan fingerprint density at radius 2 is 2.11 bits per heavy atom. The fourth-order valence-electron chi connectivity index (χ4n) is 2.64. The molecule has 0 radical (unpaired) electrons. The van der Waals surface area contributed by atoms with Crippen molar-refractivity contribution < 1.29 is 29.0 Å². The van der Waals surface area contributed by atoms with E-state index in [2.05, 4.69) is 0 Å². The molecule has 8 nitrogen and oxygen atoms in total. The van der Waals surface area contributed by atoms with Crippen LogP contribution in [-0.2, 0) is 9.53 Å². The molecular formula is C20H18NO7-. The predicted octanol–water partition coefficient (Wildman–Crippen LogP) is 3.33. The Kier molecular flexibility index (Phi) is 5.62. The van der Waals surface area contributed by atoms with Crippen molar-refractivity contribution in [3.8, 4) is 11.5 Å². The number of carbonyl (C=O) groups excluding carboxylic acids is 2. The van der Waals surface area contributed by atoms with Crippen molar-refractivity contribution in [2.75, 3.05) is 11.8 Å². The summed E-state index contributed by atoms with van der Waals surface area (Å²) >= 11 is 0. The van der Waals surface area contributed by atoms with E-state index in [0.717, 1.165) is 0 Å². The standard InChI is InChI=1S/C20H18NO7/c1-3-26-20(23)12(2)27-15-7-8-16-17(11-15)28-18(19(16)22)10-13-5-4-6-14(9-13)21(24)25/h4-12,24H,3H2,1-2H3/q-1/t12-/m0/s1. The number of esters is 1. The molecule has 0 amide bonds. The zero-order valence-electron chi connectivity index (χ0n) is 15.2. The molecule has 3 rings (SSSR count). The van der Waals surface area contributed by atoms with Crippen LogP contribution < -0.4 is 14.7 Å². The van der Waals surface area contributed by atoms with E-state index in [0.29, 0.717) is 22.6 Å². The smallest absolute Gasteiger partial charge is 0.347 e. The number of rotatable bonds is 6. The number of ether oxygens (including phenoxy) is 3. The summed E-state index contributed by atoms with van der Waals surface area (Å²) < 4.78 is 16.0. The molecule has 0 unspecified atom stereocenters. The molecule has 146 valence electrons. The van der Waals surface area contributed by atoms with Crippen LogP contribution in [0.3, 0.4) is 0 Å². The van der Waals surface area contributed by atoms with Gasteiger partial charge in [-0.05, 0) is 49.8 Å². The van der Waals surface area contributed by atoms with Gasteiger partial charge in [0, 0.05) is 6.07 Å². The lowest BCUT2D eigenvalue weighted by molar-refractivity contribution is -0.150. The van der Waals surface area contributed by atoms with Crippen molar-refractivity contribution in [1.29, 1.82) is 0 Å². The molecule has 0 saturated heterocycles. The maximum Gasteiger partial charge on any atom is 0.347 e. The third-order valence-electron chi connectivity index (χ3n) is 3.96. The fraction of sp³-hybridized carbons (Fsp3) is 0.200. The number of hydrogen-bond donors (Lipinski definition) is 1. The summed E-state index contributed by atoms with van der Waals surface area (Å²) in [5.41, 5.74) is 0.892. The first kappa shape index (κ1) is 19.4. The van der Waals surface area contributed by atoms with Gasteiger partial charge in [-0.25, -0.2) is 4.79 Å². The third kappa shape index (κ3) is 4.13. The minimum absolute atomic E-state index is 0.0287. The molecule has 1 heterocycles. The number of nitrogens with zero attached hydrogens (tertiary/aromatic N) is 1. The first-order valence-electron chi connectivity index (χ1n) is 8.57. The van der Waals surface area contributed by atoms with Gasteiger partial charge in [0.15, 0.2) is 11.9 Å². The first-order valence-corrected chi connectivity index (χ1v) is 8.57. The molecule has 8 heteroatoms. The molecule has 0 spiro atoms. The number of benzene rings is 2. The van der Waals surface area contributed by atoms with Crippen LogP contribution in [0.15, 0.2) is 48.2 Å². The molecule has 1 aliphatic heterocycles. The van der Waals surface area contributed by atoms with E-state index < -0.39 is 12.1 Å². The van der Waals surface area contributed by atoms with Crippen molar-refractivity contribution in [2.45, 2.75) is 20.0 Å². The largest absolute Gasteiger partial charge is 0.733 e. The monoisotopic (exact) mass is 384 g/mol. The van der Waals surface area contributed by atoms with Crippen molar-refractivity contribution in [1.82, 2.24) is 0 Å². The van der Waals surface area contributed by atoms with Crippen LogP contribution in [-0.4, -0.2) is 29.7 Å². The summed E-state index contributed by atoms with van der Waals surface area (Å²) in [6.45, 7) is 3.53. The van der Waals surface area contributed by atoms with Gasteiger partial charge in [0.05, 0.1) is 17.9 Å².